The van der Waals surface area contributed by atoms with E-state index >= 15 is 0 Å². The first-order chi connectivity index (χ1) is 8.67. The van der Waals surface area contributed by atoms with Crippen molar-refractivity contribution in [3.8, 4) is 11.4 Å². The lowest BCUT2D eigenvalue weighted by Gasteiger charge is -2.04. The second-order valence-electron chi connectivity index (χ2n) is 3.72. The predicted octanol–water partition coefficient (Wildman–Crippen LogP) is 1.50. The Morgan fingerprint density at radius 1 is 1.39 bits per heavy atom. The van der Waals surface area contributed by atoms with E-state index in [1.54, 1.807) is 18.2 Å². The molecule has 0 bridgehead atoms. The fourth-order valence-electron chi connectivity index (χ4n) is 1.57. The molecule has 6 nitrogen and oxygen atoms in total. The van der Waals surface area contributed by atoms with Crippen LogP contribution in [0.2, 0.25) is 5.02 Å². The number of nitrogens with zero attached hydrogens (tertiary/aromatic N) is 4. The molecule has 0 aliphatic heterocycles. The molecule has 0 radical (unpaired) electrons. The normalized spacial score (nSPS) is 10.6. The van der Waals surface area contributed by atoms with Gasteiger partial charge < -0.3 is 4.74 Å². The van der Waals surface area contributed by atoms with Gasteiger partial charge >= 0.3 is 5.69 Å². The Bertz CT molecular complexity index is 605. The van der Waals surface area contributed by atoms with Crippen molar-refractivity contribution < 1.29 is 4.74 Å². The van der Waals surface area contributed by atoms with E-state index in [9.17, 15) is 4.79 Å². The van der Waals surface area contributed by atoms with Crippen LogP contribution in [0, 0.1) is 0 Å². The van der Waals surface area contributed by atoms with Crippen molar-refractivity contribution in [2.45, 2.75) is 19.9 Å². The third-order valence-corrected chi connectivity index (χ3v) is 2.77. The van der Waals surface area contributed by atoms with Crippen molar-refractivity contribution in [2.24, 2.45) is 0 Å². The number of aryl methyl sites for hydroxylation is 1. The molecular weight excluding hydrogens is 256 g/mol. The fourth-order valence-corrected chi connectivity index (χ4v) is 1.76. The van der Waals surface area contributed by atoms with E-state index in [0.29, 0.717) is 23.0 Å². The molecule has 18 heavy (non-hydrogen) atoms. The van der Waals surface area contributed by atoms with Crippen LogP contribution in [-0.2, 0) is 6.54 Å². The number of benzene rings is 1. The minimum Gasteiger partial charge on any atom is -0.495 e. The summed E-state index contributed by atoms with van der Waals surface area (Å²) in [4.78, 5) is 12.0. The molecule has 0 spiro atoms. The average molecular weight is 269 g/mol. The maximum absolute atomic E-state index is 12.0. The van der Waals surface area contributed by atoms with Gasteiger partial charge in [-0.25, -0.2) is 4.79 Å². The minimum atomic E-state index is -0.277. The Labute approximate surface area is 109 Å². The number of tetrazole rings is 1. The van der Waals surface area contributed by atoms with Gasteiger partial charge in [0.25, 0.3) is 0 Å². The zero-order valence-corrected chi connectivity index (χ0v) is 10.9. The van der Waals surface area contributed by atoms with Crippen molar-refractivity contribution in [3.05, 3.63) is 33.7 Å². The number of ether oxygens (including phenoxy) is 1. The summed E-state index contributed by atoms with van der Waals surface area (Å²) in [5.41, 5.74) is 0.296. The molecule has 0 saturated carbocycles. The number of halogens is 1. The van der Waals surface area contributed by atoms with Gasteiger partial charge in [-0.1, -0.05) is 18.5 Å². The summed E-state index contributed by atoms with van der Waals surface area (Å²) in [7, 11) is 1.52. The molecule has 0 aliphatic carbocycles. The standard InChI is InChI=1S/C11H13ClN4O2/c1-3-6-15-11(17)16(14-13-15)8-4-5-9(12)10(7-8)18-2/h4-5,7H,3,6H2,1-2H3. The number of rotatable bonds is 4. The van der Waals surface area contributed by atoms with Crippen molar-refractivity contribution in [3.63, 3.8) is 0 Å². The molecule has 0 N–H and O–H groups in total. The van der Waals surface area contributed by atoms with Crippen LogP contribution in [0.3, 0.4) is 0 Å². The first-order valence-corrected chi connectivity index (χ1v) is 5.92. The van der Waals surface area contributed by atoms with Crippen LogP contribution in [0.5, 0.6) is 5.75 Å². The first-order valence-electron chi connectivity index (χ1n) is 5.54. The highest BCUT2D eigenvalue weighted by molar-refractivity contribution is 6.32. The molecule has 1 aromatic heterocycles. The van der Waals surface area contributed by atoms with Gasteiger partial charge in [0.05, 0.1) is 17.8 Å². The van der Waals surface area contributed by atoms with Crippen LogP contribution in [0.15, 0.2) is 23.0 Å². The summed E-state index contributed by atoms with van der Waals surface area (Å²) in [5.74, 6) is 0.492. The third kappa shape index (κ3) is 2.24. The third-order valence-electron chi connectivity index (χ3n) is 2.45. The summed E-state index contributed by atoms with van der Waals surface area (Å²) in [6.45, 7) is 2.51. The van der Waals surface area contributed by atoms with Crippen LogP contribution < -0.4 is 10.4 Å². The van der Waals surface area contributed by atoms with Gasteiger partial charge in [0.1, 0.15) is 5.75 Å². The molecule has 2 aromatic rings. The Morgan fingerprint density at radius 2 is 2.17 bits per heavy atom. The van der Waals surface area contributed by atoms with Crippen molar-refractivity contribution in [1.29, 1.82) is 0 Å². The van der Waals surface area contributed by atoms with Crippen LogP contribution in [0.1, 0.15) is 13.3 Å². The lowest BCUT2D eigenvalue weighted by Crippen LogP contribution is -2.24. The Hall–Kier alpha value is -1.82. The zero-order valence-electron chi connectivity index (χ0n) is 10.1. The monoisotopic (exact) mass is 268 g/mol. The highest BCUT2D eigenvalue weighted by Gasteiger charge is 2.10. The smallest absolute Gasteiger partial charge is 0.368 e. The topological polar surface area (TPSA) is 61.9 Å². The van der Waals surface area contributed by atoms with Gasteiger partial charge in [-0.3, -0.25) is 0 Å². The summed E-state index contributed by atoms with van der Waals surface area (Å²) >= 11 is 5.92. The number of methoxy groups -OCH3 is 1. The van der Waals surface area contributed by atoms with Gasteiger partial charge in [0.15, 0.2) is 0 Å². The van der Waals surface area contributed by atoms with E-state index < -0.39 is 0 Å². The summed E-state index contributed by atoms with van der Waals surface area (Å²) in [6, 6.07) is 4.99. The summed E-state index contributed by atoms with van der Waals surface area (Å²) < 4.78 is 7.64. The molecule has 96 valence electrons. The first kappa shape index (κ1) is 12.6. The molecule has 0 amide bonds. The highest BCUT2D eigenvalue weighted by atomic mass is 35.5. The second-order valence-corrected chi connectivity index (χ2v) is 4.12. The molecule has 2 rings (SSSR count). The van der Waals surface area contributed by atoms with E-state index in [1.165, 1.54) is 16.5 Å². The largest absolute Gasteiger partial charge is 0.495 e. The maximum atomic E-state index is 12.0. The van der Waals surface area contributed by atoms with E-state index in [2.05, 4.69) is 10.4 Å². The van der Waals surface area contributed by atoms with E-state index in [4.69, 9.17) is 16.3 Å². The van der Waals surface area contributed by atoms with Crippen LogP contribution in [0.25, 0.3) is 5.69 Å². The number of aromatic nitrogens is 4. The van der Waals surface area contributed by atoms with E-state index in [0.717, 1.165) is 6.42 Å². The lowest BCUT2D eigenvalue weighted by molar-refractivity contribution is 0.414. The van der Waals surface area contributed by atoms with Gasteiger partial charge in [-0.05, 0) is 29.0 Å². The fraction of sp³-hybridized carbons (Fsp3) is 0.364. The Balaban J connectivity index is 2.46. The second kappa shape index (κ2) is 5.22. The minimum absolute atomic E-state index is 0.277. The van der Waals surface area contributed by atoms with Crippen LogP contribution >= 0.6 is 11.6 Å². The molecule has 1 aromatic carbocycles. The lowest BCUT2D eigenvalue weighted by atomic mass is 10.3. The Morgan fingerprint density at radius 3 is 2.83 bits per heavy atom. The van der Waals surface area contributed by atoms with E-state index in [-0.39, 0.29) is 5.69 Å². The maximum Gasteiger partial charge on any atom is 0.368 e. The van der Waals surface area contributed by atoms with E-state index in [1.807, 2.05) is 6.92 Å². The highest BCUT2D eigenvalue weighted by Crippen LogP contribution is 2.25. The molecule has 0 atom stereocenters. The van der Waals surface area contributed by atoms with Gasteiger partial charge in [-0.2, -0.15) is 9.36 Å². The molecule has 0 saturated heterocycles. The SMILES string of the molecule is CCCn1nnn(-c2ccc(Cl)c(OC)c2)c1=O. The molecule has 7 heteroatoms. The Kier molecular flexibility index (Phi) is 3.66. The van der Waals surface area contributed by atoms with Crippen molar-refractivity contribution in [2.75, 3.05) is 7.11 Å². The molecule has 0 fully saturated rings. The zero-order chi connectivity index (χ0) is 13.1. The van der Waals surface area contributed by atoms with Gasteiger partial charge in [0.2, 0.25) is 0 Å². The van der Waals surface area contributed by atoms with Gasteiger partial charge in [0, 0.05) is 12.6 Å². The predicted molar refractivity (Wildman–Crippen MR) is 67.5 cm³/mol. The molecule has 1 heterocycles. The summed E-state index contributed by atoms with van der Waals surface area (Å²) in [5, 5.41) is 8.11. The summed E-state index contributed by atoms with van der Waals surface area (Å²) in [6.07, 6.45) is 0.822. The number of hydrogen-bond donors (Lipinski definition) is 0. The van der Waals surface area contributed by atoms with Crippen LogP contribution in [-0.4, -0.2) is 26.9 Å². The quantitative estimate of drug-likeness (QED) is 0.843. The average Bonchev–Trinajstić information content (AvgIpc) is 2.73. The number of hydrogen-bond acceptors (Lipinski definition) is 4. The molecule has 0 unspecified atom stereocenters. The molecular formula is C11H13ClN4O2. The van der Waals surface area contributed by atoms with Gasteiger partial charge in [-0.15, -0.1) is 0 Å². The van der Waals surface area contributed by atoms with Crippen molar-refractivity contribution >= 4 is 11.6 Å². The van der Waals surface area contributed by atoms with Crippen molar-refractivity contribution in [1.82, 2.24) is 19.8 Å². The van der Waals surface area contributed by atoms with Crippen LogP contribution in [0.4, 0.5) is 0 Å². The molecule has 0 aliphatic rings.